The average Bonchev–Trinajstić information content (AvgIpc) is 3.65. The van der Waals surface area contributed by atoms with Crippen molar-refractivity contribution in [3.05, 3.63) is 182 Å². The summed E-state index contributed by atoms with van der Waals surface area (Å²) >= 11 is 1.84. The van der Waals surface area contributed by atoms with Crippen LogP contribution in [0.4, 0.5) is 0 Å². The summed E-state index contributed by atoms with van der Waals surface area (Å²) in [5, 5.41) is 15.0. The zero-order valence-electron chi connectivity index (χ0n) is 29.6. The van der Waals surface area contributed by atoms with E-state index in [0.717, 1.165) is 44.3 Å². The topological polar surface area (TPSA) is 25.8 Å². The van der Waals surface area contributed by atoms with Gasteiger partial charge in [0.2, 0.25) is 0 Å². The van der Waals surface area contributed by atoms with Gasteiger partial charge in [0.1, 0.15) is 0 Å². The van der Waals surface area contributed by atoms with Crippen LogP contribution in [0.15, 0.2) is 182 Å². The molecule has 55 heavy (non-hydrogen) atoms. The van der Waals surface area contributed by atoms with Crippen LogP contribution in [-0.4, -0.2) is 9.97 Å². The molecule has 2 nitrogen and oxygen atoms in total. The van der Waals surface area contributed by atoms with Crippen molar-refractivity contribution in [1.82, 2.24) is 9.97 Å². The SMILES string of the molecule is c1ccc2c(c1)sc1c(-c3ccc4ccc5ccc(-c6ccc(-c7cc8c9ccccc9c9ccccc9c8c8ccccc78)cc6)nc5c4n3)cccc12. The molecule has 0 aliphatic heterocycles. The Balaban J connectivity index is 0.994. The maximum absolute atomic E-state index is 5.32. The van der Waals surface area contributed by atoms with E-state index in [0.29, 0.717) is 0 Å². The van der Waals surface area contributed by atoms with Gasteiger partial charge in [0, 0.05) is 42.1 Å². The van der Waals surface area contributed by atoms with Crippen molar-refractivity contribution in [3.8, 4) is 33.6 Å². The molecule has 0 saturated carbocycles. The average molecular weight is 715 g/mol. The number of hydrogen-bond donors (Lipinski definition) is 0. The lowest BCUT2D eigenvalue weighted by molar-refractivity contribution is 1.37. The van der Waals surface area contributed by atoms with Crippen molar-refractivity contribution in [2.24, 2.45) is 0 Å². The third-order valence-corrected chi connectivity index (χ3v) is 12.7. The van der Waals surface area contributed by atoms with Crippen LogP contribution >= 0.6 is 11.3 Å². The highest BCUT2D eigenvalue weighted by Gasteiger charge is 2.16. The van der Waals surface area contributed by atoms with Gasteiger partial charge in [-0.25, -0.2) is 9.97 Å². The number of thiophene rings is 1. The smallest absolute Gasteiger partial charge is 0.0972 e. The van der Waals surface area contributed by atoms with Crippen molar-refractivity contribution in [2.75, 3.05) is 0 Å². The predicted molar refractivity (Wildman–Crippen MR) is 236 cm³/mol. The highest BCUT2D eigenvalue weighted by molar-refractivity contribution is 7.26. The van der Waals surface area contributed by atoms with Crippen molar-refractivity contribution >= 4 is 96.4 Å². The first kappa shape index (κ1) is 30.5. The van der Waals surface area contributed by atoms with Gasteiger partial charge in [0.25, 0.3) is 0 Å². The number of nitrogens with zero attached hydrogens (tertiary/aromatic N) is 2. The monoisotopic (exact) mass is 714 g/mol. The molecule has 3 heteroatoms. The van der Waals surface area contributed by atoms with Crippen LogP contribution in [0.25, 0.3) is 119 Å². The van der Waals surface area contributed by atoms with Gasteiger partial charge in [-0.1, -0.05) is 158 Å². The lowest BCUT2D eigenvalue weighted by Gasteiger charge is -2.16. The van der Waals surface area contributed by atoms with Crippen LogP contribution in [-0.2, 0) is 0 Å². The fourth-order valence-electron chi connectivity index (χ4n) is 8.85. The molecule has 0 saturated heterocycles. The first-order chi connectivity index (χ1) is 27.3. The molecule has 0 aliphatic carbocycles. The molecule has 0 aliphatic rings. The highest BCUT2D eigenvalue weighted by Crippen LogP contribution is 2.43. The summed E-state index contributed by atoms with van der Waals surface area (Å²) in [4.78, 5) is 10.6. The van der Waals surface area contributed by atoms with Gasteiger partial charge in [0.05, 0.1) is 22.4 Å². The van der Waals surface area contributed by atoms with E-state index in [4.69, 9.17) is 9.97 Å². The molecule has 12 rings (SSSR count). The van der Waals surface area contributed by atoms with Gasteiger partial charge in [-0.05, 0) is 78.5 Å². The molecule has 12 aromatic rings. The molecule has 3 aromatic heterocycles. The molecule has 0 radical (unpaired) electrons. The van der Waals surface area contributed by atoms with E-state index in [1.807, 2.05) is 11.3 Å². The quantitative estimate of drug-likeness (QED) is 0.170. The summed E-state index contributed by atoms with van der Waals surface area (Å²) in [7, 11) is 0. The van der Waals surface area contributed by atoms with E-state index in [1.54, 1.807) is 0 Å². The molecule has 3 heterocycles. The Labute approximate surface area is 320 Å². The number of rotatable bonds is 3. The second-order valence-electron chi connectivity index (χ2n) is 14.4. The second-order valence-corrected chi connectivity index (χ2v) is 15.5. The van der Waals surface area contributed by atoms with Crippen LogP contribution in [0.1, 0.15) is 0 Å². The van der Waals surface area contributed by atoms with E-state index in [-0.39, 0.29) is 0 Å². The van der Waals surface area contributed by atoms with Gasteiger partial charge in [-0.2, -0.15) is 0 Å². The number of fused-ring (bicyclic) bond motifs is 14. The molecule has 254 valence electrons. The number of aromatic nitrogens is 2. The summed E-state index contributed by atoms with van der Waals surface area (Å²) in [6.45, 7) is 0. The van der Waals surface area contributed by atoms with Crippen molar-refractivity contribution in [2.45, 2.75) is 0 Å². The van der Waals surface area contributed by atoms with E-state index < -0.39 is 0 Å². The van der Waals surface area contributed by atoms with Crippen LogP contribution in [0.5, 0.6) is 0 Å². The molecule has 9 aromatic carbocycles. The molecule has 0 atom stereocenters. The third-order valence-electron chi connectivity index (χ3n) is 11.4. The summed E-state index contributed by atoms with van der Waals surface area (Å²) in [5.41, 5.74) is 8.41. The number of benzene rings is 9. The van der Waals surface area contributed by atoms with Crippen molar-refractivity contribution in [3.63, 3.8) is 0 Å². The minimum absolute atomic E-state index is 0.920. The maximum atomic E-state index is 5.32. The molecule has 0 amide bonds. The normalized spacial score (nSPS) is 12.0. The van der Waals surface area contributed by atoms with Crippen LogP contribution in [0.3, 0.4) is 0 Å². The fourth-order valence-corrected chi connectivity index (χ4v) is 10.1. The Morgan fingerprint density at radius 2 is 0.836 bits per heavy atom. The van der Waals surface area contributed by atoms with Gasteiger partial charge in [-0.15, -0.1) is 11.3 Å². The van der Waals surface area contributed by atoms with Crippen molar-refractivity contribution < 1.29 is 0 Å². The molecular weight excluding hydrogens is 685 g/mol. The summed E-state index contributed by atoms with van der Waals surface area (Å²) < 4.78 is 2.56. The molecule has 0 bridgehead atoms. The molecular formula is C52H30N2S. The standard InChI is InChI=1S/C52H30N2S/c1-2-12-37-35(10-1)36-11-3-5-15-40(36)49-41-16-6-4-13-38(41)44(30-45(37)49)31-20-22-32(23-21-31)46-28-26-33-24-25-34-27-29-47(54-51(34)50(33)53-46)43-18-9-17-42-39-14-7-8-19-48(39)55-52(42)43/h1-30H. The lowest BCUT2D eigenvalue weighted by atomic mass is 9.87. The first-order valence-electron chi connectivity index (χ1n) is 18.7. The Morgan fingerprint density at radius 1 is 0.327 bits per heavy atom. The van der Waals surface area contributed by atoms with Crippen LogP contribution < -0.4 is 0 Å². The van der Waals surface area contributed by atoms with Gasteiger partial charge in [0.15, 0.2) is 0 Å². The first-order valence-corrected chi connectivity index (χ1v) is 19.6. The van der Waals surface area contributed by atoms with Gasteiger partial charge >= 0.3 is 0 Å². The molecule has 0 unspecified atom stereocenters. The van der Waals surface area contributed by atoms with E-state index in [9.17, 15) is 0 Å². The number of pyridine rings is 2. The summed E-state index contributed by atoms with van der Waals surface area (Å²) in [6, 6.07) is 66.0. The highest BCUT2D eigenvalue weighted by atomic mass is 32.1. The van der Waals surface area contributed by atoms with E-state index in [1.165, 1.54) is 74.4 Å². The Kier molecular flexibility index (Phi) is 6.54. The van der Waals surface area contributed by atoms with E-state index in [2.05, 4.69) is 182 Å². The Bertz CT molecular complexity index is 3540. The third kappa shape index (κ3) is 4.60. The second kappa shape index (κ2) is 11.8. The predicted octanol–water partition coefficient (Wildman–Crippen LogP) is 14.8. The minimum Gasteiger partial charge on any atom is -0.245 e. The molecule has 0 fully saturated rings. The maximum Gasteiger partial charge on any atom is 0.0972 e. The largest absolute Gasteiger partial charge is 0.245 e. The molecule has 0 N–H and O–H groups in total. The van der Waals surface area contributed by atoms with Gasteiger partial charge in [-0.3, -0.25) is 0 Å². The van der Waals surface area contributed by atoms with Crippen LogP contribution in [0.2, 0.25) is 0 Å². The van der Waals surface area contributed by atoms with Crippen molar-refractivity contribution in [1.29, 1.82) is 0 Å². The Hall–Kier alpha value is -6.94. The van der Waals surface area contributed by atoms with Gasteiger partial charge < -0.3 is 0 Å². The zero-order valence-corrected chi connectivity index (χ0v) is 30.4. The van der Waals surface area contributed by atoms with Crippen LogP contribution in [0, 0.1) is 0 Å². The zero-order chi connectivity index (χ0) is 36.0. The van der Waals surface area contributed by atoms with E-state index >= 15 is 0 Å². The minimum atomic E-state index is 0.920. The molecule has 0 spiro atoms. The Morgan fingerprint density at radius 3 is 1.56 bits per heavy atom. The fraction of sp³-hybridized carbons (Fsp3) is 0. The summed E-state index contributed by atoms with van der Waals surface area (Å²) in [5.74, 6) is 0. The summed E-state index contributed by atoms with van der Waals surface area (Å²) in [6.07, 6.45) is 0. The number of hydrogen-bond acceptors (Lipinski definition) is 3. The lowest BCUT2D eigenvalue weighted by Crippen LogP contribution is -1.91.